The predicted octanol–water partition coefficient (Wildman–Crippen LogP) is 7.48. The van der Waals surface area contributed by atoms with E-state index in [0.29, 0.717) is 34.4 Å². The Morgan fingerprint density at radius 2 is 1.59 bits per heavy atom. The van der Waals surface area contributed by atoms with E-state index in [1.165, 1.54) is 24.3 Å². The summed E-state index contributed by atoms with van der Waals surface area (Å²) in [7, 11) is 0. The molecule has 0 radical (unpaired) electrons. The second-order valence-corrected chi connectivity index (χ2v) is 11.8. The number of ether oxygens (including phenoxy) is 1. The molecular formula is C34H36F2N2O3. The number of carbonyl (C=O) groups excluding carboxylic acids is 1. The SMILES string of the molecule is Cc1nc(-c2ccccc2OC(=O)C(C)(C)C)n(C(Cc2cccc(F)c2)c2cccc(F)c2)c(=O)c1CC(C)C. The molecule has 3 aromatic carbocycles. The van der Waals surface area contributed by atoms with E-state index in [0.717, 1.165) is 0 Å². The van der Waals surface area contributed by atoms with Crippen molar-refractivity contribution < 1.29 is 18.3 Å². The Kier molecular flexibility index (Phi) is 8.86. The molecule has 1 heterocycles. The van der Waals surface area contributed by atoms with E-state index in [1.54, 1.807) is 80.8 Å². The third-order valence-corrected chi connectivity index (χ3v) is 6.83. The van der Waals surface area contributed by atoms with Crippen molar-refractivity contribution in [2.45, 2.75) is 60.4 Å². The lowest BCUT2D eigenvalue weighted by molar-refractivity contribution is -0.142. The lowest BCUT2D eigenvalue weighted by atomic mass is 9.96. The third kappa shape index (κ3) is 6.96. The number of esters is 1. The number of hydrogen-bond acceptors (Lipinski definition) is 4. The molecule has 1 atom stereocenters. The van der Waals surface area contributed by atoms with Gasteiger partial charge in [-0.15, -0.1) is 0 Å². The summed E-state index contributed by atoms with van der Waals surface area (Å²) in [6.45, 7) is 11.1. The van der Waals surface area contributed by atoms with Gasteiger partial charge in [0.25, 0.3) is 5.56 Å². The Bertz CT molecular complexity index is 1620. The maximum atomic E-state index is 14.6. The molecule has 1 aromatic heterocycles. The highest BCUT2D eigenvalue weighted by Crippen LogP contribution is 2.34. The molecule has 1 unspecified atom stereocenters. The molecule has 41 heavy (non-hydrogen) atoms. The second-order valence-electron chi connectivity index (χ2n) is 11.8. The van der Waals surface area contributed by atoms with E-state index in [-0.39, 0.29) is 29.5 Å². The normalized spacial score (nSPS) is 12.4. The Hall–Kier alpha value is -4.13. The van der Waals surface area contributed by atoms with Crippen LogP contribution in [0.5, 0.6) is 5.75 Å². The summed E-state index contributed by atoms with van der Waals surface area (Å²) in [6, 6.07) is 18.4. The third-order valence-electron chi connectivity index (χ3n) is 6.83. The quantitative estimate of drug-likeness (QED) is 0.166. The van der Waals surface area contributed by atoms with Crippen molar-refractivity contribution in [3.63, 3.8) is 0 Å². The Balaban J connectivity index is 2.04. The smallest absolute Gasteiger partial charge is 0.316 e. The van der Waals surface area contributed by atoms with Gasteiger partial charge in [-0.25, -0.2) is 13.8 Å². The fraction of sp³-hybridized carbons (Fsp3) is 0.324. The van der Waals surface area contributed by atoms with Crippen molar-refractivity contribution in [1.82, 2.24) is 9.55 Å². The van der Waals surface area contributed by atoms with E-state index < -0.39 is 29.1 Å². The van der Waals surface area contributed by atoms with Crippen molar-refractivity contribution in [3.8, 4) is 17.1 Å². The maximum absolute atomic E-state index is 14.6. The Morgan fingerprint density at radius 1 is 0.927 bits per heavy atom. The maximum Gasteiger partial charge on any atom is 0.316 e. The van der Waals surface area contributed by atoms with Gasteiger partial charge in [0.1, 0.15) is 23.2 Å². The lowest BCUT2D eigenvalue weighted by Crippen LogP contribution is -2.33. The molecule has 0 aliphatic rings. The van der Waals surface area contributed by atoms with Crippen LogP contribution in [0.3, 0.4) is 0 Å². The van der Waals surface area contributed by atoms with E-state index >= 15 is 0 Å². The number of para-hydroxylation sites is 1. The molecule has 4 rings (SSSR count). The van der Waals surface area contributed by atoms with Crippen LogP contribution in [0, 0.1) is 29.9 Å². The largest absolute Gasteiger partial charge is 0.425 e. The van der Waals surface area contributed by atoms with Crippen LogP contribution in [-0.2, 0) is 17.6 Å². The second kappa shape index (κ2) is 12.2. The summed E-state index contributed by atoms with van der Waals surface area (Å²) >= 11 is 0. The van der Waals surface area contributed by atoms with Gasteiger partial charge in [0.15, 0.2) is 0 Å². The molecule has 0 aliphatic heterocycles. The van der Waals surface area contributed by atoms with Crippen LogP contribution in [0.15, 0.2) is 77.6 Å². The first-order valence-electron chi connectivity index (χ1n) is 13.8. The van der Waals surface area contributed by atoms with Crippen LogP contribution in [-0.4, -0.2) is 15.5 Å². The molecule has 0 bridgehead atoms. The summed E-state index contributed by atoms with van der Waals surface area (Å²) in [4.78, 5) is 32.2. The van der Waals surface area contributed by atoms with Crippen molar-refractivity contribution in [3.05, 3.63) is 117 Å². The summed E-state index contributed by atoms with van der Waals surface area (Å²) in [5.41, 5.74) is 1.69. The highest BCUT2D eigenvalue weighted by Gasteiger charge is 2.29. The first-order valence-corrected chi connectivity index (χ1v) is 13.8. The first-order chi connectivity index (χ1) is 19.3. The number of halogens is 2. The zero-order valence-electron chi connectivity index (χ0n) is 24.4. The molecule has 5 nitrogen and oxygen atoms in total. The van der Waals surface area contributed by atoms with Crippen LogP contribution in [0.2, 0.25) is 0 Å². The number of benzene rings is 3. The highest BCUT2D eigenvalue weighted by molar-refractivity contribution is 5.80. The molecule has 0 N–H and O–H groups in total. The average Bonchev–Trinajstić information content (AvgIpc) is 2.89. The van der Waals surface area contributed by atoms with Gasteiger partial charge in [-0.05, 0) is 94.0 Å². The zero-order valence-corrected chi connectivity index (χ0v) is 24.4. The summed E-state index contributed by atoms with van der Waals surface area (Å²) in [5.74, 6) is -0.582. The van der Waals surface area contributed by atoms with Crippen molar-refractivity contribution in [1.29, 1.82) is 0 Å². The molecule has 0 saturated carbocycles. The zero-order chi connectivity index (χ0) is 29.9. The molecule has 4 aromatic rings. The van der Waals surface area contributed by atoms with E-state index in [4.69, 9.17) is 9.72 Å². The van der Waals surface area contributed by atoms with Crippen LogP contribution in [0.25, 0.3) is 11.4 Å². The minimum absolute atomic E-state index is 0.179. The molecule has 0 fully saturated rings. The molecule has 7 heteroatoms. The number of aryl methyl sites for hydroxylation is 1. The molecule has 0 amide bonds. The van der Waals surface area contributed by atoms with E-state index in [2.05, 4.69) is 0 Å². The minimum Gasteiger partial charge on any atom is -0.425 e. The summed E-state index contributed by atoms with van der Waals surface area (Å²) in [5, 5.41) is 0. The van der Waals surface area contributed by atoms with Gasteiger partial charge in [-0.1, -0.05) is 50.2 Å². The number of carbonyl (C=O) groups is 1. The van der Waals surface area contributed by atoms with E-state index in [1.807, 2.05) is 13.8 Å². The van der Waals surface area contributed by atoms with Crippen molar-refractivity contribution in [2.75, 3.05) is 0 Å². The Morgan fingerprint density at radius 3 is 2.22 bits per heavy atom. The van der Waals surface area contributed by atoms with Crippen molar-refractivity contribution >= 4 is 5.97 Å². The number of hydrogen-bond donors (Lipinski definition) is 0. The average molecular weight is 559 g/mol. The van der Waals surface area contributed by atoms with Gasteiger partial charge in [-0.2, -0.15) is 0 Å². The monoisotopic (exact) mass is 558 g/mol. The van der Waals surface area contributed by atoms with E-state index in [9.17, 15) is 18.4 Å². The topological polar surface area (TPSA) is 61.2 Å². The Labute approximate surface area is 239 Å². The van der Waals surface area contributed by atoms with Crippen molar-refractivity contribution in [2.24, 2.45) is 11.3 Å². The fourth-order valence-corrected chi connectivity index (χ4v) is 4.75. The lowest BCUT2D eigenvalue weighted by Gasteiger charge is -2.26. The number of nitrogens with zero attached hydrogens (tertiary/aromatic N) is 2. The minimum atomic E-state index is -0.765. The van der Waals surface area contributed by atoms with Gasteiger partial charge < -0.3 is 4.74 Å². The van der Waals surface area contributed by atoms with Crippen LogP contribution in [0.1, 0.15) is 63.0 Å². The first kappa shape index (κ1) is 29.8. The summed E-state index contributed by atoms with van der Waals surface area (Å²) in [6.07, 6.45) is 0.693. The molecule has 0 saturated heterocycles. The summed E-state index contributed by atoms with van der Waals surface area (Å²) < 4.78 is 36.2. The van der Waals surface area contributed by atoms with Gasteiger partial charge in [0.2, 0.25) is 0 Å². The van der Waals surface area contributed by atoms with Crippen LogP contribution >= 0.6 is 0 Å². The van der Waals surface area contributed by atoms with Gasteiger partial charge in [-0.3, -0.25) is 14.2 Å². The number of aromatic nitrogens is 2. The van der Waals surface area contributed by atoms with Gasteiger partial charge in [0, 0.05) is 11.3 Å². The van der Waals surface area contributed by atoms with Gasteiger partial charge in [0.05, 0.1) is 17.0 Å². The van der Waals surface area contributed by atoms with Gasteiger partial charge >= 0.3 is 5.97 Å². The van der Waals surface area contributed by atoms with Crippen LogP contribution in [0.4, 0.5) is 8.78 Å². The predicted molar refractivity (Wildman–Crippen MR) is 157 cm³/mol. The number of rotatable bonds is 8. The molecule has 0 aliphatic carbocycles. The standard InChI is InChI=1S/C34H36F2N2O3/c1-21(2)17-28-22(3)37-31(27-15-7-8-16-30(27)41-33(40)34(4,5)6)38(32(28)39)29(24-12-10-14-26(36)20-24)19-23-11-9-13-25(35)18-23/h7-16,18,20-21,29H,17,19H2,1-6H3. The molecule has 214 valence electrons. The fourth-order valence-electron chi connectivity index (χ4n) is 4.75. The van der Waals surface area contributed by atoms with Crippen LogP contribution < -0.4 is 10.3 Å². The highest BCUT2D eigenvalue weighted by atomic mass is 19.1. The molecule has 0 spiro atoms. The molecular weight excluding hydrogens is 522 g/mol.